The van der Waals surface area contributed by atoms with Gasteiger partial charge in [0.15, 0.2) is 0 Å². The number of likely N-dealkylation sites (tertiary alicyclic amines) is 1. The highest BCUT2D eigenvalue weighted by Crippen LogP contribution is 2.26. The second kappa shape index (κ2) is 3.20. The normalized spacial score (nSPS) is 33.4. The van der Waals surface area contributed by atoms with E-state index < -0.39 is 30.3 Å². The van der Waals surface area contributed by atoms with Gasteiger partial charge in [0.1, 0.15) is 12.2 Å². The Morgan fingerprint density at radius 3 is 2.31 bits per heavy atom. The number of hydrogen-bond donors (Lipinski definition) is 2. The van der Waals surface area contributed by atoms with Crippen molar-refractivity contribution < 1.29 is 24.2 Å². The standard InChI is InChI=1S/C7H10FNO4/c1-3-4(8)2-5(6(10)11)9(3)7(12)13/h3-5H,2H2,1H3,(H,10,11)(H,12,13)/t3-,4+,5-/m0/s1. The number of amides is 1. The predicted molar refractivity (Wildman–Crippen MR) is 40.3 cm³/mol. The van der Waals surface area contributed by atoms with E-state index in [4.69, 9.17) is 10.2 Å². The summed E-state index contributed by atoms with van der Waals surface area (Å²) in [5.41, 5.74) is 0. The third-order valence-corrected chi connectivity index (χ3v) is 2.25. The Morgan fingerprint density at radius 2 is 2.00 bits per heavy atom. The van der Waals surface area contributed by atoms with E-state index >= 15 is 0 Å². The van der Waals surface area contributed by atoms with Crippen molar-refractivity contribution >= 4 is 12.1 Å². The molecule has 0 aromatic rings. The number of aliphatic carboxylic acids is 1. The summed E-state index contributed by atoms with van der Waals surface area (Å²) in [4.78, 5) is 21.8. The van der Waals surface area contributed by atoms with Crippen molar-refractivity contribution in [3.8, 4) is 0 Å². The number of carboxylic acids is 1. The molecule has 1 saturated heterocycles. The zero-order valence-electron chi connectivity index (χ0n) is 6.98. The minimum Gasteiger partial charge on any atom is -0.480 e. The van der Waals surface area contributed by atoms with Gasteiger partial charge in [0.05, 0.1) is 6.04 Å². The zero-order chi connectivity index (χ0) is 10.2. The largest absolute Gasteiger partial charge is 0.480 e. The van der Waals surface area contributed by atoms with E-state index in [1.807, 2.05) is 0 Å². The van der Waals surface area contributed by atoms with Gasteiger partial charge in [0.2, 0.25) is 0 Å². The molecule has 6 heteroatoms. The molecule has 0 spiro atoms. The molecule has 3 atom stereocenters. The lowest BCUT2D eigenvalue weighted by atomic mass is 10.2. The fourth-order valence-corrected chi connectivity index (χ4v) is 1.51. The van der Waals surface area contributed by atoms with Crippen LogP contribution in [-0.4, -0.2) is 45.4 Å². The Bertz CT molecular complexity index is 245. The van der Waals surface area contributed by atoms with Crippen LogP contribution in [0.1, 0.15) is 13.3 Å². The zero-order valence-corrected chi connectivity index (χ0v) is 6.98. The number of halogens is 1. The molecule has 74 valence electrons. The van der Waals surface area contributed by atoms with Crippen LogP contribution in [0.2, 0.25) is 0 Å². The molecule has 0 aromatic carbocycles. The molecule has 0 radical (unpaired) electrons. The first-order valence-electron chi connectivity index (χ1n) is 3.83. The Balaban J connectivity index is 2.86. The smallest absolute Gasteiger partial charge is 0.408 e. The quantitative estimate of drug-likeness (QED) is 0.634. The molecule has 0 bridgehead atoms. The summed E-state index contributed by atoms with van der Waals surface area (Å²) in [6.45, 7) is 1.36. The summed E-state index contributed by atoms with van der Waals surface area (Å²) in [6, 6.07) is -2.12. The van der Waals surface area contributed by atoms with Gasteiger partial charge in [-0.2, -0.15) is 0 Å². The third-order valence-electron chi connectivity index (χ3n) is 2.25. The summed E-state index contributed by atoms with van der Waals surface area (Å²) in [6.07, 6.45) is -3.04. The van der Waals surface area contributed by atoms with Gasteiger partial charge in [-0.05, 0) is 6.92 Å². The molecule has 1 amide bonds. The van der Waals surface area contributed by atoms with E-state index in [2.05, 4.69) is 0 Å². The minimum absolute atomic E-state index is 0.261. The molecule has 1 heterocycles. The number of carbonyl (C=O) groups is 2. The van der Waals surface area contributed by atoms with Crippen molar-refractivity contribution in [2.75, 3.05) is 0 Å². The van der Waals surface area contributed by atoms with Crippen molar-refractivity contribution in [1.82, 2.24) is 4.90 Å². The summed E-state index contributed by atoms with van der Waals surface area (Å²) in [7, 11) is 0. The molecule has 0 aromatic heterocycles. The molecule has 1 fully saturated rings. The van der Waals surface area contributed by atoms with Gasteiger partial charge in [-0.15, -0.1) is 0 Å². The van der Waals surface area contributed by atoms with Gasteiger partial charge in [0, 0.05) is 6.42 Å². The lowest BCUT2D eigenvalue weighted by Crippen LogP contribution is -2.43. The van der Waals surface area contributed by atoms with Crippen LogP contribution in [0.15, 0.2) is 0 Å². The van der Waals surface area contributed by atoms with E-state index in [-0.39, 0.29) is 6.42 Å². The molecule has 1 aliphatic rings. The van der Waals surface area contributed by atoms with Crippen LogP contribution in [0.3, 0.4) is 0 Å². The van der Waals surface area contributed by atoms with Gasteiger partial charge in [0.25, 0.3) is 0 Å². The number of alkyl halides is 1. The summed E-state index contributed by atoms with van der Waals surface area (Å²) < 4.78 is 13.0. The van der Waals surface area contributed by atoms with E-state index in [1.165, 1.54) is 6.92 Å². The summed E-state index contributed by atoms with van der Waals surface area (Å²) in [5.74, 6) is -1.30. The third kappa shape index (κ3) is 1.56. The van der Waals surface area contributed by atoms with E-state index in [0.29, 0.717) is 4.90 Å². The maximum atomic E-state index is 13.0. The predicted octanol–water partition coefficient (Wildman–Crippen LogP) is 0.550. The number of rotatable bonds is 1. The molecule has 0 aliphatic carbocycles. The number of hydrogen-bond acceptors (Lipinski definition) is 2. The first-order chi connectivity index (χ1) is 5.95. The van der Waals surface area contributed by atoms with Crippen molar-refractivity contribution in [2.45, 2.75) is 31.6 Å². The Labute approximate surface area is 73.8 Å². The van der Waals surface area contributed by atoms with Crippen molar-refractivity contribution in [2.24, 2.45) is 0 Å². The van der Waals surface area contributed by atoms with E-state index in [9.17, 15) is 14.0 Å². The fraction of sp³-hybridized carbons (Fsp3) is 0.714. The fourth-order valence-electron chi connectivity index (χ4n) is 1.51. The van der Waals surface area contributed by atoms with Crippen LogP contribution >= 0.6 is 0 Å². The Kier molecular flexibility index (Phi) is 2.40. The maximum Gasteiger partial charge on any atom is 0.408 e. The molecule has 2 N–H and O–H groups in total. The van der Waals surface area contributed by atoms with Crippen molar-refractivity contribution in [3.63, 3.8) is 0 Å². The summed E-state index contributed by atoms with van der Waals surface area (Å²) in [5, 5.41) is 17.2. The molecule has 0 saturated carbocycles. The van der Waals surface area contributed by atoms with Crippen molar-refractivity contribution in [1.29, 1.82) is 0 Å². The summed E-state index contributed by atoms with van der Waals surface area (Å²) >= 11 is 0. The SMILES string of the molecule is C[C@H]1[C@H](F)C[C@@H](C(=O)O)N1C(=O)O. The molecule has 1 aliphatic heterocycles. The molecule has 13 heavy (non-hydrogen) atoms. The molecule has 1 rings (SSSR count). The maximum absolute atomic E-state index is 13.0. The lowest BCUT2D eigenvalue weighted by Gasteiger charge is -2.21. The number of carboxylic acid groups (broad SMARTS) is 2. The Morgan fingerprint density at radius 1 is 1.46 bits per heavy atom. The van der Waals surface area contributed by atoms with Crippen LogP contribution in [-0.2, 0) is 4.79 Å². The second-order valence-electron chi connectivity index (χ2n) is 3.04. The highest BCUT2D eigenvalue weighted by molar-refractivity contribution is 5.80. The van der Waals surface area contributed by atoms with Crippen LogP contribution in [0.25, 0.3) is 0 Å². The lowest BCUT2D eigenvalue weighted by molar-refractivity contribution is -0.141. The van der Waals surface area contributed by atoms with Gasteiger partial charge < -0.3 is 10.2 Å². The minimum atomic E-state index is -1.39. The topological polar surface area (TPSA) is 77.8 Å². The van der Waals surface area contributed by atoms with E-state index in [0.717, 1.165) is 0 Å². The van der Waals surface area contributed by atoms with Gasteiger partial charge >= 0.3 is 12.1 Å². The average Bonchev–Trinajstić information content (AvgIpc) is 2.28. The van der Waals surface area contributed by atoms with Gasteiger partial charge in [-0.1, -0.05) is 0 Å². The van der Waals surface area contributed by atoms with Gasteiger partial charge in [-0.3, -0.25) is 4.90 Å². The highest BCUT2D eigenvalue weighted by atomic mass is 19.1. The molecule has 5 nitrogen and oxygen atoms in total. The van der Waals surface area contributed by atoms with E-state index in [1.54, 1.807) is 0 Å². The van der Waals surface area contributed by atoms with Crippen molar-refractivity contribution in [3.05, 3.63) is 0 Å². The highest BCUT2D eigenvalue weighted by Gasteiger charge is 2.45. The van der Waals surface area contributed by atoms with Crippen LogP contribution in [0.5, 0.6) is 0 Å². The van der Waals surface area contributed by atoms with Crippen LogP contribution < -0.4 is 0 Å². The molecule has 0 unspecified atom stereocenters. The van der Waals surface area contributed by atoms with Gasteiger partial charge in [-0.25, -0.2) is 14.0 Å². The first kappa shape index (κ1) is 9.76. The second-order valence-corrected chi connectivity index (χ2v) is 3.04. The molecular weight excluding hydrogens is 181 g/mol. The van der Waals surface area contributed by atoms with Crippen LogP contribution in [0.4, 0.5) is 9.18 Å². The molecular formula is C7H10FNO4. The first-order valence-corrected chi connectivity index (χ1v) is 3.83. The average molecular weight is 191 g/mol. The number of nitrogens with zero attached hydrogens (tertiary/aromatic N) is 1. The monoisotopic (exact) mass is 191 g/mol. The van der Waals surface area contributed by atoms with Crippen LogP contribution in [0, 0.1) is 0 Å². The Hall–Kier alpha value is -1.33.